The van der Waals surface area contributed by atoms with Crippen molar-refractivity contribution in [1.29, 1.82) is 0 Å². The van der Waals surface area contributed by atoms with Crippen molar-refractivity contribution in [2.45, 2.75) is 13.5 Å². The summed E-state index contributed by atoms with van der Waals surface area (Å²) in [6.07, 6.45) is 4.76. The van der Waals surface area contributed by atoms with Crippen LogP contribution in [0, 0.1) is 0 Å². The molecule has 0 N–H and O–H groups in total. The molecule has 7 heteroatoms. The fourth-order valence-electron chi connectivity index (χ4n) is 3.31. The number of hydrogen-bond acceptors (Lipinski definition) is 6. The summed E-state index contributed by atoms with van der Waals surface area (Å²) in [5.41, 5.74) is 1.98. The summed E-state index contributed by atoms with van der Waals surface area (Å²) >= 11 is 0. The molecule has 3 rings (SSSR count). The fourth-order valence-corrected chi connectivity index (χ4v) is 3.31. The number of rotatable bonds is 8. The predicted octanol–water partition coefficient (Wildman–Crippen LogP) is 2.10. The van der Waals surface area contributed by atoms with E-state index >= 15 is 0 Å². The van der Waals surface area contributed by atoms with E-state index in [1.165, 1.54) is 0 Å². The number of Topliss-reactive ketones (excluding diaryl/α,β-unsaturated/α-hetero) is 2. The first-order valence-electron chi connectivity index (χ1n) is 9.34. The number of ether oxygens (including phenoxy) is 1. The Bertz CT molecular complexity index is 1010. The maximum Gasteiger partial charge on any atom is 0.290 e. The second-order valence-corrected chi connectivity index (χ2v) is 6.41. The number of carbonyl (C=O) groups excluding carboxylic acids is 2. The smallest absolute Gasteiger partial charge is 0.290 e. The molecule has 7 nitrogen and oxygen atoms in total. The van der Waals surface area contributed by atoms with Crippen molar-refractivity contribution < 1.29 is 18.9 Å². The van der Waals surface area contributed by atoms with Crippen LogP contribution in [0.1, 0.15) is 33.3 Å². The molecule has 0 amide bonds. The molecule has 1 aliphatic rings. The first-order valence-corrected chi connectivity index (χ1v) is 9.34. The summed E-state index contributed by atoms with van der Waals surface area (Å²) < 4.78 is 6.74. The fraction of sp³-hybridized carbons (Fsp3) is 0.273. The van der Waals surface area contributed by atoms with Gasteiger partial charge >= 0.3 is 0 Å². The molecule has 0 aliphatic heterocycles. The number of fused-ring (bicyclic) bond motifs is 1. The lowest BCUT2D eigenvalue weighted by atomic mass is 9.89. The Morgan fingerprint density at radius 1 is 1.17 bits per heavy atom. The zero-order valence-electron chi connectivity index (χ0n) is 16.6. The number of allylic oxidation sites excluding steroid dienone is 2. The van der Waals surface area contributed by atoms with Crippen molar-refractivity contribution in [2.24, 2.45) is 0 Å². The standard InChI is InChI=1S/C22H23N4O3/c1-4-25(12-13-29-3)19-20(26(5-2)15-16-14-23-10-11-24-16)22(28)18-9-7-6-8-17(18)21(19)27/h6-11,14H,2,4,12-13,15H2,1,3H3/q+1. The molecule has 1 aromatic carbocycles. The molecule has 0 saturated heterocycles. The third-order valence-electron chi connectivity index (χ3n) is 4.73. The zero-order valence-corrected chi connectivity index (χ0v) is 16.6. The Hall–Kier alpha value is -3.41. The minimum absolute atomic E-state index is 0.201. The van der Waals surface area contributed by atoms with Crippen LogP contribution in [0.3, 0.4) is 0 Å². The minimum Gasteiger partial charge on any atom is -0.383 e. The number of carbonyl (C=O) groups is 2. The largest absolute Gasteiger partial charge is 0.383 e. The lowest BCUT2D eigenvalue weighted by molar-refractivity contribution is -0.481. The normalized spacial score (nSPS) is 13.2. The van der Waals surface area contributed by atoms with Gasteiger partial charge in [-0.25, -0.2) is 0 Å². The van der Waals surface area contributed by atoms with Gasteiger partial charge in [0.25, 0.3) is 11.5 Å². The van der Waals surface area contributed by atoms with E-state index in [0.717, 1.165) is 0 Å². The van der Waals surface area contributed by atoms with Crippen molar-refractivity contribution in [2.75, 3.05) is 26.8 Å². The second kappa shape index (κ2) is 9.19. The van der Waals surface area contributed by atoms with E-state index < -0.39 is 0 Å². The van der Waals surface area contributed by atoms with E-state index in [4.69, 9.17) is 4.74 Å². The van der Waals surface area contributed by atoms with E-state index in [9.17, 15) is 9.59 Å². The van der Waals surface area contributed by atoms with Crippen LogP contribution in [0.4, 0.5) is 0 Å². The van der Waals surface area contributed by atoms with Gasteiger partial charge in [-0.1, -0.05) is 24.3 Å². The average molecular weight is 391 g/mol. The van der Waals surface area contributed by atoms with Gasteiger partial charge in [0.1, 0.15) is 5.69 Å². The van der Waals surface area contributed by atoms with E-state index in [-0.39, 0.29) is 23.8 Å². The Labute approximate surface area is 169 Å². The molecular weight excluding hydrogens is 368 g/mol. The van der Waals surface area contributed by atoms with E-state index in [1.54, 1.807) is 54.5 Å². The van der Waals surface area contributed by atoms with E-state index in [2.05, 4.69) is 22.4 Å². The third kappa shape index (κ3) is 4.06. The Kier molecular flexibility index (Phi) is 6.44. The first kappa shape index (κ1) is 20.3. The predicted molar refractivity (Wildman–Crippen MR) is 108 cm³/mol. The summed E-state index contributed by atoms with van der Waals surface area (Å²) in [7, 11) is 1.60. The first-order chi connectivity index (χ1) is 14.1. The molecule has 1 heterocycles. The number of aromatic nitrogens is 2. The molecule has 1 aliphatic carbocycles. The molecule has 0 radical (unpaired) electrons. The Balaban J connectivity index is 2.17. The molecule has 0 bridgehead atoms. The van der Waals surface area contributed by atoms with Gasteiger partial charge in [0.05, 0.1) is 12.8 Å². The number of hydrogen-bond donors (Lipinski definition) is 0. The third-order valence-corrected chi connectivity index (χ3v) is 4.73. The van der Waals surface area contributed by atoms with Crippen LogP contribution in [-0.2, 0) is 11.3 Å². The lowest BCUT2D eigenvalue weighted by Gasteiger charge is -2.28. The summed E-state index contributed by atoms with van der Waals surface area (Å²) in [5, 5.41) is 0. The molecule has 0 spiro atoms. The number of likely N-dealkylation sites (N-methyl/N-ethyl adjacent to an activating group) is 1. The molecule has 0 saturated carbocycles. The van der Waals surface area contributed by atoms with Crippen LogP contribution in [0.25, 0.3) is 0 Å². The highest BCUT2D eigenvalue weighted by Crippen LogP contribution is 2.29. The molecule has 0 atom stereocenters. The second-order valence-electron chi connectivity index (χ2n) is 6.41. The molecule has 0 unspecified atom stereocenters. The maximum absolute atomic E-state index is 13.4. The quantitative estimate of drug-likeness (QED) is 0.507. The van der Waals surface area contributed by atoms with Gasteiger partial charge in [-0.15, -0.1) is 4.58 Å². The van der Waals surface area contributed by atoms with Gasteiger partial charge < -0.3 is 9.64 Å². The SMILES string of the molecule is C=C=[N+](Cc1cnccn1)C1=C(N(CC)CCOC)C(=O)c2ccccc2C1=O. The van der Waals surface area contributed by atoms with Crippen LogP contribution >= 0.6 is 0 Å². The van der Waals surface area contributed by atoms with Gasteiger partial charge in [0, 0.05) is 50.3 Å². The van der Waals surface area contributed by atoms with Crippen molar-refractivity contribution in [3.63, 3.8) is 0 Å². The van der Waals surface area contributed by atoms with Gasteiger partial charge in [-0.3, -0.25) is 19.6 Å². The summed E-state index contributed by atoms with van der Waals surface area (Å²) in [6, 6.07) is 6.86. The molecular formula is C22H23N4O3+. The van der Waals surface area contributed by atoms with Crippen LogP contribution in [0.5, 0.6) is 0 Å². The lowest BCUT2D eigenvalue weighted by Crippen LogP contribution is -2.39. The van der Waals surface area contributed by atoms with Gasteiger partial charge in [-0.05, 0) is 6.92 Å². The Morgan fingerprint density at radius 3 is 2.48 bits per heavy atom. The van der Waals surface area contributed by atoms with Crippen molar-refractivity contribution in [1.82, 2.24) is 14.9 Å². The molecule has 0 fully saturated rings. The van der Waals surface area contributed by atoms with Crippen LogP contribution < -0.4 is 0 Å². The highest BCUT2D eigenvalue weighted by atomic mass is 16.5. The topological polar surface area (TPSA) is 75.4 Å². The summed E-state index contributed by atoms with van der Waals surface area (Å²) in [5.74, 6) is 2.35. The van der Waals surface area contributed by atoms with Crippen LogP contribution in [0.15, 0.2) is 60.8 Å². The Morgan fingerprint density at radius 2 is 1.90 bits per heavy atom. The highest BCUT2D eigenvalue weighted by molar-refractivity contribution is 6.25. The van der Waals surface area contributed by atoms with E-state index in [0.29, 0.717) is 42.2 Å². The van der Waals surface area contributed by atoms with Crippen molar-refractivity contribution in [3.8, 4) is 0 Å². The number of ketones is 2. The van der Waals surface area contributed by atoms with E-state index in [1.807, 2.05) is 11.8 Å². The van der Waals surface area contributed by atoms with Gasteiger partial charge in [0.15, 0.2) is 11.6 Å². The zero-order chi connectivity index (χ0) is 20.8. The molecule has 29 heavy (non-hydrogen) atoms. The van der Waals surface area contributed by atoms with Crippen LogP contribution in [0.2, 0.25) is 0 Å². The maximum atomic E-state index is 13.4. The molecule has 1 aromatic heterocycles. The number of methoxy groups -OCH3 is 1. The van der Waals surface area contributed by atoms with Crippen molar-refractivity contribution in [3.05, 3.63) is 77.6 Å². The number of nitrogens with zero attached hydrogens (tertiary/aromatic N) is 4. The summed E-state index contributed by atoms with van der Waals surface area (Å²) in [6.45, 7) is 7.34. The monoisotopic (exact) mass is 391 g/mol. The van der Waals surface area contributed by atoms with Gasteiger partial charge in [-0.2, -0.15) is 0 Å². The highest BCUT2D eigenvalue weighted by Gasteiger charge is 2.41. The van der Waals surface area contributed by atoms with Crippen molar-refractivity contribution >= 4 is 17.4 Å². The molecule has 148 valence electrons. The molecule has 2 aromatic rings. The average Bonchev–Trinajstić information content (AvgIpc) is 2.77. The van der Waals surface area contributed by atoms with Crippen LogP contribution in [-0.4, -0.2) is 63.7 Å². The number of benzene rings is 1. The minimum atomic E-state index is -0.244. The summed E-state index contributed by atoms with van der Waals surface area (Å²) in [4.78, 5) is 37.0. The van der Waals surface area contributed by atoms with Gasteiger partial charge in [0.2, 0.25) is 12.3 Å².